The van der Waals surface area contributed by atoms with E-state index in [0.29, 0.717) is 11.8 Å². The molecule has 1 fully saturated rings. The Kier molecular flexibility index (Phi) is 2.92. The summed E-state index contributed by atoms with van der Waals surface area (Å²) in [5.74, 6) is 0.699. The molecule has 1 saturated carbocycles. The van der Waals surface area contributed by atoms with Crippen LogP contribution in [0.2, 0.25) is 0 Å². The molecule has 0 aliphatic heterocycles. The highest BCUT2D eigenvalue weighted by Gasteiger charge is 2.24. The molecule has 1 aliphatic rings. The van der Waals surface area contributed by atoms with Gasteiger partial charge in [0.2, 0.25) is 5.91 Å². The maximum atomic E-state index is 11.5. The van der Waals surface area contributed by atoms with Crippen LogP contribution in [0.15, 0.2) is 0 Å². The minimum absolute atomic E-state index is 0.347. The number of rotatable bonds is 2. The first-order valence-corrected chi connectivity index (χ1v) is 4.50. The van der Waals surface area contributed by atoms with E-state index in [1.807, 2.05) is 18.9 Å². The van der Waals surface area contributed by atoms with Gasteiger partial charge in [-0.25, -0.2) is 0 Å². The molecular formula is C9H17NO. The topological polar surface area (TPSA) is 20.3 Å². The molecule has 1 aliphatic carbocycles. The van der Waals surface area contributed by atoms with Gasteiger partial charge in [-0.1, -0.05) is 12.8 Å². The first-order chi connectivity index (χ1) is 5.25. The molecule has 2 nitrogen and oxygen atoms in total. The summed E-state index contributed by atoms with van der Waals surface area (Å²) in [5.41, 5.74) is 0. The summed E-state index contributed by atoms with van der Waals surface area (Å²) in [6.07, 6.45) is 4.72. The van der Waals surface area contributed by atoms with E-state index in [2.05, 4.69) is 0 Å². The molecule has 0 spiro atoms. The molecule has 0 N–H and O–H groups in total. The van der Waals surface area contributed by atoms with Crippen LogP contribution < -0.4 is 0 Å². The van der Waals surface area contributed by atoms with E-state index in [-0.39, 0.29) is 0 Å². The molecule has 0 aromatic heterocycles. The van der Waals surface area contributed by atoms with E-state index in [1.165, 1.54) is 12.8 Å². The molecular weight excluding hydrogens is 138 g/mol. The second-order valence-electron chi connectivity index (χ2n) is 3.33. The van der Waals surface area contributed by atoms with Crippen LogP contribution in [0.5, 0.6) is 0 Å². The van der Waals surface area contributed by atoms with Gasteiger partial charge in [0.05, 0.1) is 0 Å². The van der Waals surface area contributed by atoms with Crippen LogP contribution in [0, 0.1) is 5.92 Å². The van der Waals surface area contributed by atoms with Crippen LogP contribution in [0.3, 0.4) is 0 Å². The average Bonchev–Trinajstić information content (AvgIpc) is 2.53. The Morgan fingerprint density at radius 1 is 1.45 bits per heavy atom. The summed E-state index contributed by atoms with van der Waals surface area (Å²) in [4.78, 5) is 13.3. The highest BCUT2D eigenvalue weighted by molar-refractivity contribution is 5.78. The fourth-order valence-corrected chi connectivity index (χ4v) is 1.64. The zero-order valence-corrected chi connectivity index (χ0v) is 7.47. The van der Waals surface area contributed by atoms with Gasteiger partial charge in [0.15, 0.2) is 0 Å². The fraction of sp³-hybridized carbons (Fsp3) is 0.889. The Morgan fingerprint density at radius 3 is 2.45 bits per heavy atom. The SMILES string of the molecule is CCN(C)C(=O)C1CCCC1. The highest BCUT2D eigenvalue weighted by Crippen LogP contribution is 2.25. The van der Waals surface area contributed by atoms with Gasteiger partial charge in [-0.3, -0.25) is 4.79 Å². The Hall–Kier alpha value is -0.530. The molecule has 0 heterocycles. The fourth-order valence-electron chi connectivity index (χ4n) is 1.64. The molecule has 0 radical (unpaired) electrons. The summed E-state index contributed by atoms with van der Waals surface area (Å²) in [6, 6.07) is 0. The highest BCUT2D eigenvalue weighted by atomic mass is 16.2. The van der Waals surface area contributed by atoms with Gasteiger partial charge in [-0.2, -0.15) is 0 Å². The molecule has 1 rings (SSSR count). The Labute approximate surface area is 68.6 Å². The van der Waals surface area contributed by atoms with Crippen LogP contribution in [0.4, 0.5) is 0 Å². The molecule has 0 saturated heterocycles. The van der Waals surface area contributed by atoms with Gasteiger partial charge in [-0.05, 0) is 19.8 Å². The molecule has 1 amide bonds. The summed E-state index contributed by atoms with van der Waals surface area (Å²) in [7, 11) is 1.89. The summed E-state index contributed by atoms with van der Waals surface area (Å²) in [6.45, 7) is 2.86. The van der Waals surface area contributed by atoms with Crippen molar-refractivity contribution in [3.8, 4) is 0 Å². The standard InChI is InChI=1S/C9H17NO/c1-3-10(2)9(11)8-6-4-5-7-8/h8H,3-7H2,1-2H3. The van der Waals surface area contributed by atoms with Gasteiger partial charge in [0.1, 0.15) is 0 Å². The second-order valence-corrected chi connectivity index (χ2v) is 3.33. The number of carbonyl (C=O) groups is 1. The van der Waals surface area contributed by atoms with Crippen LogP contribution in [0.1, 0.15) is 32.6 Å². The zero-order chi connectivity index (χ0) is 8.27. The number of carbonyl (C=O) groups excluding carboxylic acids is 1. The molecule has 0 aromatic carbocycles. The van der Waals surface area contributed by atoms with E-state index in [4.69, 9.17) is 0 Å². The largest absolute Gasteiger partial charge is 0.346 e. The summed E-state index contributed by atoms with van der Waals surface area (Å²) < 4.78 is 0. The molecule has 0 unspecified atom stereocenters. The van der Waals surface area contributed by atoms with Crippen molar-refractivity contribution >= 4 is 5.91 Å². The lowest BCUT2D eigenvalue weighted by molar-refractivity contribution is -0.133. The maximum absolute atomic E-state index is 11.5. The molecule has 64 valence electrons. The van der Waals surface area contributed by atoms with Crippen molar-refractivity contribution in [1.82, 2.24) is 4.90 Å². The lowest BCUT2D eigenvalue weighted by atomic mass is 10.1. The van der Waals surface area contributed by atoms with Gasteiger partial charge in [0.25, 0.3) is 0 Å². The second kappa shape index (κ2) is 3.74. The van der Waals surface area contributed by atoms with Crippen molar-refractivity contribution in [3.05, 3.63) is 0 Å². The predicted octanol–water partition coefficient (Wildman–Crippen LogP) is 1.65. The third kappa shape index (κ3) is 1.95. The lowest BCUT2D eigenvalue weighted by Crippen LogP contribution is -2.31. The van der Waals surface area contributed by atoms with Crippen molar-refractivity contribution in [3.63, 3.8) is 0 Å². The quantitative estimate of drug-likeness (QED) is 0.594. The van der Waals surface area contributed by atoms with Crippen LogP contribution in [-0.2, 0) is 4.79 Å². The third-order valence-corrected chi connectivity index (χ3v) is 2.55. The Balaban J connectivity index is 2.39. The minimum atomic E-state index is 0.347. The van der Waals surface area contributed by atoms with Crippen molar-refractivity contribution in [2.24, 2.45) is 5.92 Å². The van der Waals surface area contributed by atoms with Crippen molar-refractivity contribution in [1.29, 1.82) is 0 Å². The van der Waals surface area contributed by atoms with Gasteiger partial charge < -0.3 is 4.90 Å². The first kappa shape index (κ1) is 8.57. The van der Waals surface area contributed by atoms with Crippen LogP contribution in [-0.4, -0.2) is 24.4 Å². The molecule has 0 bridgehead atoms. The van der Waals surface area contributed by atoms with E-state index in [9.17, 15) is 4.79 Å². The Morgan fingerprint density at radius 2 is 2.00 bits per heavy atom. The van der Waals surface area contributed by atoms with Crippen molar-refractivity contribution < 1.29 is 4.79 Å². The smallest absolute Gasteiger partial charge is 0.225 e. The van der Waals surface area contributed by atoms with Crippen molar-refractivity contribution in [2.75, 3.05) is 13.6 Å². The van der Waals surface area contributed by atoms with E-state index in [0.717, 1.165) is 19.4 Å². The van der Waals surface area contributed by atoms with Crippen LogP contribution >= 0.6 is 0 Å². The van der Waals surface area contributed by atoms with E-state index in [1.54, 1.807) is 0 Å². The summed E-state index contributed by atoms with van der Waals surface area (Å²) in [5, 5.41) is 0. The van der Waals surface area contributed by atoms with Crippen molar-refractivity contribution in [2.45, 2.75) is 32.6 Å². The minimum Gasteiger partial charge on any atom is -0.346 e. The van der Waals surface area contributed by atoms with Crippen LogP contribution in [0.25, 0.3) is 0 Å². The Bertz CT molecular complexity index is 138. The number of hydrogen-bond donors (Lipinski definition) is 0. The van der Waals surface area contributed by atoms with Gasteiger partial charge in [-0.15, -0.1) is 0 Å². The maximum Gasteiger partial charge on any atom is 0.225 e. The molecule has 11 heavy (non-hydrogen) atoms. The molecule has 2 heteroatoms. The predicted molar refractivity (Wildman–Crippen MR) is 45.3 cm³/mol. The number of nitrogens with zero attached hydrogens (tertiary/aromatic N) is 1. The van der Waals surface area contributed by atoms with Gasteiger partial charge >= 0.3 is 0 Å². The lowest BCUT2D eigenvalue weighted by Gasteiger charge is -2.18. The monoisotopic (exact) mass is 155 g/mol. The van der Waals surface area contributed by atoms with Gasteiger partial charge in [0, 0.05) is 19.5 Å². The number of hydrogen-bond acceptors (Lipinski definition) is 1. The van der Waals surface area contributed by atoms with E-state index < -0.39 is 0 Å². The first-order valence-electron chi connectivity index (χ1n) is 4.50. The zero-order valence-electron chi connectivity index (χ0n) is 7.47. The van der Waals surface area contributed by atoms with E-state index >= 15 is 0 Å². The number of amides is 1. The molecule has 0 atom stereocenters. The third-order valence-electron chi connectivity index (χ3n) is 2.55. The average molecular weight is 155 g/mol. The summed E-state index contributed by atoms with van der Waals surface area (Å²) >= 11 is 0. The normalized spacial score (nSPS) is 18.7. The molecule has 0 aromatic rings.